The Labute approximate surface area is 170 Å². The largest absolute Gasteiger partial charge is 0.493 e. The van der Waals surface area contributed by atoms with Crippen LogP contribution >= 0.6 is 0 Å². The van der Waals surface area contributed by atoms with Gasteiger partial charge in [0, 0.05) is 12.8 Å². The number of aryl methyl sites for hydroxylation is 1. The maximum Gasteiger partial charge on any atom is 0.337 e. The molecule has 0 spiro atoms. The fourth-order valence-electron chi connectivity index (χ4n) is 2.75. The summed E-state index contributed by atoms with van der Waals surface area (Å²) in [5.74, 6) is 2.52. The van der Waals surface area contributed by atoms with Gasteiger partial charge in [-0.2, -0.15) is 0 Å². The highest BCUT2D eigenvalue weighted by atomic mass is 16.5. The number of anilines is 1. The van der Waals surface area contributed by atoms with Crippen molar-refractivity contribution in [1.82, 2.24) is 0 Å². The molecule has 6 nitrogen and oxygen atoms in total. The standard InChI is InChI=1S/C23H25NO5/c1-3-4-5-8-15-29-21-16-17(11-13-20(21)28-2)12-14-22(25)24-19-10-7-6-9-18(19)23(26)27/h1,6-7,9-11,13,16H,4-5,8,12,14-15H2,2H3,(H,24,25)(H,26,27). The lowest BCUT2D eigenvalue weighted by Gasteiger charge is -2.12. The number of carboxylic acids is 1. The van der Waals surface area contributed by atoms with Crippen molar-refractivity contribution in [2.24, 2.45) is 0 Å². The van der Waals surface area contributed by atoms with Crippen molar-refractivity contribution in [1.29, 1.82) is 0 Å². The van der Waals surface area contributed by atoms with Gasteiger partial charge in [-0.25, -0.2) is 4.79 Å². The van der Waals surface area contributed by atoms with Gasteiger partial charge in [0.05, 0.1) is 25.0 Å². The zero-order valence-electron chi connectivity index (χ0n) is 16.4. The molecule has 152 valence electrons. The van der Waals surface area contributed by atoms with E-state index in [1.807, 2.05) is 18.2 Å². The molecule has 1 amide bonds. The first-order valence-electron chi connectivity index (χ1n) is 9.40. The lowest BCUT2D eigenvalue weighted by atomic mass is 10.1. The van der Waals surface area contributed by atoms with Gasteiger partial charge in [0.1, 0.15) is 0 Å². The first-order chi connectivity index (χ1) is 14.0. The van der Waals surface area contributed by atoms with Gasteiger partial charge < -0.3 is 19.9 Å². The number of aromatic carboxylic acids is 1. The maximum atomic E-state index is 12.3. The van der Waals surface area contributed by atoms with Crippen LogP contribution < -0.4 is 14.8 Å². The summed E-state index contributed by atoms with van der Waals surface area (Å²) in [6, 6.07) is 11.9. The van der Waals surface area contributed by atoms with Crippen molar-refractivity contribution in [3.8, 4) is 23.8 Å². The highest BCUT2D eigenvalue weighted by Crippen LogP contribution is 2.29. The summed E-state index contributed by atoms with van der Waals surface area (Å²) in [4.78, 5) is 23.5. The molecule has 2 rings (SSSR count). The fourth-order valence-corrected chi connectivity index (χ4v) is 2.75. The summed E-state index contributed by atoms with van der Waals surface area (Å²) in [7, 11) is 1.58. The normalized spacial score (nSPS) is 10.1. The molecule has 0 aromatic heterocycles. The molecule has 0 saturated heterocycles. The number of carbonyl (C=O) groups excluding carboxylic acids is 1. The van der Waals surface area contributed by atoms with Gasteiger partial charge >= 0.3 is 5.97 Å². The van der Waals surface area contributed by atoms with Crippen molar-refractivity contribution < 1.29 is 24.2 Å². The first-order valence-corrected chi connectivity index (χ1v) is 9.40. The molecule has 0 unspecified atom stereocenters. The summed E-state index contributed by atoms with van der Waals surface area (Å²) in [5.41, 5.74) is 1.27. The van der Waals surface area contributed by atoms with Crippen LogP contribution in [-0.2, 0) is 11.2 Å². The number of rotatable bonds is 11. The molecule has 0 saturated carbocycles. The quantitative estimate of drug-likeness (QED) is 0.441. The molecule has 0 fully saturated rings. The minimum absolute atomic E-state index is 0.0609. The number of carboxylic acid groups (broad SMARTS) is 1. The summed E-state index contributed by atoms with van der Waals surface area (Å²) in [5, 5.41) is 11.9. The number of terminal acetylenes is 1. The van der Waals surface area contributed by atoms with Gasteiger partial charge in [0.2, 0.25) is 5.91 Å². The Kier molecular flexibility index (Phi) is 8.58. The van der Waals surface area contributed by atoms with E-state index in [4.69, 9.17) is 15.9 Å². The molecule has 29 heavy (non-hydrogen) atoms. The molecule has 0 atom stereocenters. The average molecular weight is 395 g/mol. The topological polar surface area (TPSA) is 84.9 Å². The second-order valence-corrected chi connectivity index (χ2v) is 6.39. The van der Waals surface area contributed by atoms with Crippen LogP contribution in [0.15, 0.2) is 42.5 Å². The van der Waals surface area contributed by atoms with Crippen molar-refractivity contribution in [3.63, 3.8) is 0 Å². The van der Waals surface area contributed by atoms with Crippen molar-refractivity contribution in [3.05, 3.63) is 53.6 Å². The van der Waals surface area contributed by atoms with Crippen LogP contribution in [-0.4, -0.2) is 30.7 Å². The molecular formula is C23H25NO5. The van der Waals surface area contributed by atoms with E-state index in [1.54, 1.807) is 25.3 Å². The molecule has 0 aliphatic heterocycles. The van der Waals surface area contributed by atoms with Crippen LogP contribution in [0, 0.1) is 12.3 Å². The zero-order chi connectivity index (χ0) is 21.1. The third kappa shape index (κ3) is 6.89. The molecule has 0 heterocycles. The smallest absolute Gasteiger partial charge is 0.337 e. The molecule has 2 N–H and O–H groups in total. The molecule has 0 bridgehead atoms. The van der Waals surface area contributed by atoms with Crippen molar-refractivity contribution in [2.75, 3.05) is 19.0 Å². The predicted octanol–water partition coefficient (Wildman–Crippen LogP) is 4.15. The minimum Gasteiger partial charge on any atom is -0.493 e. The molecule has 0 radical (unpaired) electrons. The highest BCUT2D eigenvalue weighted by molar-refractivity contribution is 6.00. The number of unbranched alkanes of at least 4 members (excludes halogenated alkanes) is 2. The number of para-hydroxylation sites is 1. The Morgan fingerprint density at radius 3 is 2.66 bits per heavy atom. The lowest BCUT2D eigenvalue weighted by Crippen LogP contribution is -2.15. The van der Waals surface area contributed by atoms with Gasteiger partial charge in [0.25, 0.3) is 0 Å². The molecule has 0 aliphatic rings. The van der Waals surface area contributed by atoms with E-state index in [0.717, 1.165) is 24.8 Å². The third-order valence-corrected chi connectivity index (χ3v) is 4.27. The molecule has 2 aromatic carbocycles. The third-order valence-electron chi connectivity index (χ3n) is 4.27. The van der Waals surface area contributed by atoms with Gasteiger partial charge in [-0.1, -0.05) is 18.2 Å². The second-order valence-electron chi connectivity index (χ2n) is 6.39. The van der Waals surface area contributed by atoms with Crippen molar-refractivity contribution in [2.45, 2.75) is 32.1 Å². The summed E-state index contributed by atoms with van der Waals surface area (Å²) < 4.78 is 11.1. The number of ether oxygens (including phenoxy) is 2. The number of amides is 1. The summed E-state index contributed by atoms with van der Waals surface area (Å²) in [6.07, 6.45) is 8.41. The van der Waals surface area contributed by atoms with E-state index < -0.39 is 5.97 Å². The van der Waals surface area contributed by atoms with Gasteiger partial charge in [-0.15, -0.1) is 12.3 Å². The Morgan fingerprint density at radius 2 is 1.93 bits per heavy atom. The van der Waals surface area contributed by atoms with E-state index in [2.05, 4.69) is 11.2 Å². The van der Waals surface area contributed by atoms with E-state index >= 15 is 0 Å². The molecule has 2 aromatic rings. The number of nitrogens with one attached hydrogen (secondary N) is 1. The van der Waals surface area contributed by atoms with Gasteiger partial charge in [-0.05, 0) is 49.1 Å². The number of methoxy groups -OCH3 is 1. The number of hydrogen-bond acceptors (Lipinski definition) is 4. The second kappa shape index (κ2) is 11.4. The SMILES string of the molecule is C#CCCCCOc1cc(CCC(=O)Nc2ccccc2C(=O)O)ccc1OC. The predicted molar refractivity (Wildman–Crippen MR) is 112 cm³/mol. The van der Waals surface area contributed by atoms with Crippen molar-refractivity contribution >= 4 is 17.6 Å². The van der Waals surface area contributed by atoms with Gasteiger partial charge in [0.15, 0.2) is 11.5 Å². The highest BCUT2D eigenvalue weighted by Gasteiger charge is 2.12. The van der Waals surface area contributed by atoms with Gasteiger partial charge in [-0.3, -0.25) is 4.79 Å². The molecular weight excluding hydrogens is 370 g/mol. The van der Waals surface area contributed by atoms with Crippen LogP contribution in [0.5, 0.6) is 11.5 Å². The zero-order valence-corrected chi connectivity index (χ0v) is 16.4. The van der Waals surface area contributed by atoms with Crippen LogP contribution in [0.25, 0.3) is 0 Å². The molecule has 6 heteroatoms. The Hall–Kier alpha value is -3.46. The maximum absolute atomic E-state index is 12.3. The Balaban J connectivity index is 1.94. The van der Waals surface area contributed by atoms with Crippen LogP contribution in [0.4, 0.5) is 5.69 Å². The Bertz CT molecular complexity index is 885. The van der Waals surface area contributed by atoms with Crippen LogP contribution in [0.2, 0.25) is 0 Å². The number of hydrogen-bond donors (Lipinski definition) is 2. The minimum atomic E-state index is -1.08. The summed E-state index contributed by atoms with van der Waals surface area (Å²) >= 11 is 0. The van der Waals surface area contributed by atoms with E-state index in [9.17, 15) is 14.7 Å². The van der Waals surface area contributed by atoms with E-state index in [1.165, 1.54) is 6.07 Å². The Morgan fingerprint density at radius 1 is 1.14 bits per heavy atom. The lowest BCUT2D eigenvalue weighted by molar-refractivity contribution is -0.116. The van der Waals surface area contributed by atoms with E-state index in [-0.39, 0.29) is 23.6 Å². The average Bonchev–Trinajstić information content (AvgIpc) is 2.72. The van der Waals surface area contributed by atoms with Crippen LogP contribution in [0.1, 0.15) is 41.6 Å². The number of carbonyl (C=O) groups is 2. The molecule has 0 aliphatic carbocycles. The van der Waals surface area contributed by atoms with Crippen LogP contribution in [0.3, 0.4) is 0 Å². The monoisotopic (exact) mass is 395 g/mol. The van der Waals surface area contributed by atoms with E-state index in [0.29, 0.717) is 24.5 Å². The number of benzene rings is 2. The summed E-state index contributed by atoms with van der Waals surface area (Å²) in [6.45, 7) is 0.536. The first kappa shape index (κ1) is 21.8. The fraction of sp³-hybridized carbons (Fsp3) is 0.304.